The molecule has 0 saturated heterocycles. The summed E-state index contributed by atoms with van der Waals surface area (Å²) in [5.74, 6) is -0.895. The van der Waals surface area contributed by atoms with Crippen LogP contribution >= 0.6 is 11.8 Å². The van der Waals surface area contributed by atoms with Crippen LogP contribution in [0.25, 0.3) is 0 Å². The molecule has 1 unspecified atom stereocenters. The van der Waals surface area contributed by atoms with Crippen LogP contribution in [-0.2, 0) is 9.59 Å². The van der Waals surface area contributed by atoms with Crippen LogP contribution < -0.4 is 10.7 Å². The molecule has 2 aromatic carbocycles. The second-order valence-electron chi connectivity index (χ2n) is 5.14. The highest BCUT2D eigenvalue weighted by molar-refractivity contribution is 8.01. The van der Waals surface area contributed by atoms with Crippen molar-refractivity contribution in [1.29, 1.82) is 0 Å². The Morgan fingerprint density at radius 2 is 2.00 bits per heavy atom. The lowest BCUT2D eigenvalue weighted by atomic mass is 10.2. The summed E-state index contributed by atoms with van der Waals surface area (Å²) in [6.07, 6.45) is 1.44. The number of hydrogen-bond acceptors (Lipinski definition) is 4. The molecule has 1 heterocycles. The molecule has 0 bridgehead atoms. The number of halogens is 1. The fraction of sp³-hybridized carbons (Fsp3) is 0.118. The van der Waals surface area contributed by atoms with Crippen molar-refractivity contribution < 1.29 is 14.0 Å². The normalized spacial score (nSPS) is 16.5. The first kappa shape index (κ1) is 16.2. The molecular formula is C17H14FN3O2S. The summed E-state index contributed by atoms with van der Waals surface area (Å²) in [6.45, 7) is 0. The van der Waals surface area contributed by atoms with Gasteiger partial charge in [-0.05, 0) is 29.8 Å². The largest absolute Gasteiger partial charge is 0.324 e. The van der Waals surface area contributed by atoms with Gasteiger partial charge in [-0.2, -0.15) is 5.10 Å². The average molecular weight is 343 g/mol. The van der Waals surface area contributed by atoms with Crippen LogP contribution in [0.1, 0.15) is 12.0 Å². The minimum Gasteiger partial charge on any atom is -0.324 e. The first-order valence-electron chi connectivity index (χ1n) is 7.26. The molecule has 2 amide bonds. The third-order valence-corrected chi connectivity index (χ3v) is 4.63. The van der Waals surface area contributed by atoms with Crippen LogP contribution in [0, 0.1) is 5.82 Å². The molecule has 7 heteroatoms. The van der Waals surface area contributed by atoms with Gasteiger partial charge in [0.2, 0.25) is 11.8 Å². The van der Waals surface area contributed by atoms with Gasteiger partial charge in [-0.25, -0.2) is 9.82 Å². The van der Waals surface area contributed by atoms with Crippen molar-refractivity contribution >= 4 is 35.5 Å². The number of hydrogen-bond donors (Lipinski definition) is 2. The molecule has 24 heavy (non-hydrogen) atoms. The van der Waals surface area contributed by atoms with Crippen molar-refractivity contribution in [3.8, 4) is 0 Å². The van der Waals surface area contributed by atoms with E-state index in [2.05, 4.69) is 15.8 Å². The van der Waals surface area contributed by atoms with Gasteiger partial charge in [0.1, 0.15) is 5.82 Å². The minimum absolute atomic E-state index is 0.0194. The van der Waals surface area contributed by atoms with Gasteiger partial charge in [0.25, 0.3) is 0 Å². The van der Waals surface area contributed by atoms with E-state index in [1.54, 1.807) is 12.1 Å². The highest BCUT2D eigenvalue weighted by Gasteiger charge is 2.28. The summed E-state index contributed by atoms with van der Waals surface area (Å²) in [4.78, 5) is 24.9. The molecule has 0 radical (unpaired) electrons. The predicted molar refractivity (Wildman–Crippen MR) is 91.5 cm³/mol. The number of hydrazone groups is 1. The maximum absolute atomic E-state index is 12.8. The van der Waals surface area contributed by atoms with Crippen LogP contribution in [0.4, 0.5) is 10.1 Å². The molecule has 1 aliphatic rings. The molecule has 5 nitrogen and oxygen atoms in total. The van der Waals surface area contributed by atoms with E-state index in [1.165, 1.54) is 30.1 Å². The van der Waals surface area contributed by atoms with E-state index in [0.717, 1.165) is 10.6 Å². The van der Waals surface area contributed by atoms with Gasteiger partial charge < -0.3 is 5.32 Å². The molecule has 0 aliphatic carbocycles. The van der Waals surface area contributed by atoms with E-state index in [9.17, 15) is 14.0 Å². The summed E-state index contributed by atoms with van der Waals surface area (Å²) >= 11 is 1.36. The minimum atomic E-state index is -0.499. The quantitative estimate of drug-likeness (QED) is 0.662. The molecule has 0 fully saturated rings. The molecule has 3 rings (SSSR count). The lowest BCUT2D eigenvalue weighted by molar-refractivity contribution is -0.124. The third-order valence-electron chi connectivity index (χ3n) is 3.35. The Morgan fingerprint density at radius 3 is 2.79 bits per heavy atom. The molecular weight excluding hydrogens is 329 g/mol. The molecule has 122 valence electrons. The molecule has 2 aromatic rings. The van der Waals surface area contributed by atoms with Crippen molar-refractivity contribution in [2.24, 2.45) is 5.10 Å². The number of fused-ring (bicyclic) bond motifs is 1. The van der Waals surface area contributed by atoms with Gasteiger partial charge in [-0.1, -0.05) is 24.3 Å². The monoisotopic (exact) mass is 343 g/mol. The zero-order valence-electron chi connectivity index (χ0n) is 12.5. The number of carbonyl (C=O) groups is 2. The van der Waals surface area contributed by atoms with Crippen molar-refractivity contribution in [1.82, 2.24) is 5.43 Å². The van der Waals surface area contributed by atoms with E-state index >= 15 is 0 Å². The Balaban J connectivity index is 1.55. The highest BCUT2D eigenvalue weighted by Crippen LogP contribution is 2.36. The SMILES string of the molecule is O=C(CC1Sc2ccccc2NC1=O)NN=Cc1ccc(F)cc1. The number of nitrogens with zero attached hydrogens (tertiary/aromatic N) is 1. The smallest absolute Gasteiger partial charge is 0.241 e. The van der Waals surface area contributed by atoms with Crippen molar-refractivity contribution in [3.05, 3.63) is 59.9 Å². The summed E-state index contributed by atoms with van der Waals surface area (Å²) in [7, 11) is 0. The van der Waals surface area contributed by atoms with E-state index in [-0.39, 0.29) is 24.1 Å². The summed E-state index contributed by atoms with van der Waals surface area (Å²) in [5.41, 5.74) is 3.81. The van der Waals surface area contributed by atoms with Crippen molar-refractivity contribution in [3.63, 3.8) is 0 Å². The first-order valence-corrected chi connectivity index (χ1v) is 8.14. The van der Waals surface area contributed by atoms with Gasteiger partial charge in [-0.3, -0.25) is 9.59 Å². The standard InChI is InChI=1S/C17H14FN3O2S/c18-12-7-5-11(6-8-12)10-19-21-16(22)9-15-17(23)20-13-3-1-2-4-14(13)24-15/h1-8,10,15H,9H2,(H,20,23)(H,21,22). The second-order valence-corrected chi connectivity index (χ2v) is 6.39. The molecule has 0 saturated carbocycles. The van der Waals surface area contributed by atoms with Gasteiger partial charge in [0, 0.05) is 11.3 Å². The fourth-order valence-electron chi connectivity index (χ4n) is 2.17. The molecule has 0 aromatic heterocycles. The summed E-state index contributed by atoms with van der Waals surface area (Å²) in [5, 5.41) is 6.11. The van der Waals surface area contributed by atoms with Gasteiger partial charge >= 0.3 is 0 Å². The average Bonchev–Trinajstić information content (AvgIpc) is 2.57. The number of anilines is 1. The van der Waals surface area contributed by atoms with E-state index in [4.69, 9.17) is 0 Å². The number of para-hydroxylation sites is 1. The summed E-state index contributed by atoms with van der Waals surface area (Å²) in [6, 6.07) is 13.2. The molecule has 1 aliphatic heterocycles. The zero-order valence-corrected chi connectivity index (χ0v) is 13.3. The van der Waals surface area contributed by atoms with Crippen LogP contribution in [0.3, 0.4) is 0 Å². The second kappa shape index (κ2) is 7.27. The molecule has 0 spiro atoms. The van der Waals surface area contributed by atoms with Crippen LogP contribution in [0.5, 0.6) is 0 Å². The maximum Gasteiger partial charge on any atom is 0.241 e. The van der Waals surface area contributed by atoms with Crippen LogP contribution in [0.2, 0.25) is 0 Å². The van der Waals surface area contributed by atoms with E-state index in [0.29, 0.717) is 5.56 Å². The lowest BCUT2D eigenvalue weighted by Gasteiger charge is -2.23. The third kappa shape index (κ3) is 3.99. The van der Waals surface area contributed by atoms with E-state index < -0.39 is 5.25 Å². The molecule has 2 N–H and O–H groups in total. The Morgan fingerprint density at radius 1 is 1.25 bits per heavy atom. The number of carbonyl (C=O) groups excluding carboxylic acids is 2. The number of rotatable bonds is 4. The lowest BCUT2D eigenvalue weighted by Crippen LogP contribution is -2.33. The summed E-state index contributed by atoms with van der Waals surface area (Å²) < 4.78 is 12.8. The van der Waals surface area contributed by atoms with Gasteiger partial charge in [0.15, 0.2) is 0 Å². The predicted octanol–water partition coefficient (Wildman–Crippen LogP) is 2.78. The highest BCUT2D eigenvalue weighted by atomic mass is 32.2. The van der Waals surface area contributed by atoms with Gasteiger partial charge in [0.05, 0.1) is 17.2 Å². The number of thioether (sulfide) groups is 1. The number of nitrogens with one attached hydrogen (secondary N) is 2. The van der Waals surface area contributed by atoms with E-state index in [1.807, 2.05) is 24.3 Å². The zero-order chi connectivity index (χ0) is 16.9. The van der Waals surface area contributed by atoms with Crippen LogP contribution in [0.15, 0.2) is 58.5 Å². The Labute approximate surface area is 142 Å². The van der Waals surface area contributed by atoms with Gasteiger partial charge in [-0.15, -0.1) is 11.8 Å². The van der Waals surface area contributed by atoms with Crippen LogP contribution in [-0.4, -0.2) is 23.3 Å². The Hall–Kier alpha value is -2.67. The topological polar surface area (TPSA) is 70.6 Å². The maximum atomic E-state index is 12.8. The van der Waals surface area contributed by atoms with Crippen molar-refractivity contribution in [2.75, 3.05) is 5.32 Å². The first-order chi connectivity index (χ1) is 11.6. The number of amides is 2. The Bertz CT molecular complexity index is 793. The fourth-order valence-corrected chi connectivity index (χ4v) is 3.28. The molecule has 1 atom stereocenters. The van der Waals surface area contributed by atoms with Crippen molar-refractivity contribution in [2.45, 2.75) is 16.6 Å². The number of benzene rings is 2. The Kier molecular flexibility index (Phi) is 4.90.